The fourth-order valence-corrected chi connectivity index (χ4v) is 5.48. The molecule has 0 spiro atoms. The predicted molar refractivity (Wildman–Crippen MR) is 140 cm³/mol. The van der Waals surface area contributed by atoms with E-state index in [1.807, 2.05) is 0 Å². The number of hydrogen-bond donors (Lipinski definition) is 0. The molecule has 0 saturated heterocycles. The van der Waals surface area contributed by atoms with Crippen LogP contribution in [0.2, 0.25) is 0 Å². The highest BCUT2D eigenvalue weighted by Gasteiger charge is 2.19. The summed E-state index contributed by atoms with van der Waals surface area (Å²) in [7, 11) is 0. The average Bonchev–Trinajstić information content (AvgIpc) is 2.80. The molecule has 0 heterocycles. The first-order valence-corrected chi connectivity index (χ1v) is 12.8. The molecule has 1 fully saturated rings. The lowest BCUT2D eigenvalue weighted by molar-refractivity contribution is 0.348. The molecule has 0 amide bonds. The Hall–Kier alpha value is -2.34. The third kappa shape index (κ3) is 5.71. The molecule has 0 bridgehead atoms. The SMILES string of the molecule is Cc1ccc(CCCCc2c(C)cc(-c3ccc(C4CCC(C)CC4)cc3)cc2C)cc1. The number of benzene rings is 3. The van der Waals surface area contributed by atoms with E-state index in [4.69, 9.17) is 0 Å². The number of hydrogen-bond acceptors (Lipinski definition) is 0. The summed E-state index contributed by atoms with van der Waals surface area (Å²) in [5.74, 6) is 1.68. The maximum atomic E-state index is 2.40. The van der Waals surface area contributed by atoms with Crippen LogP contribution in [0.5, 0.6) is 0 Å². The van der Waals surface area contributed by atoms with Gasteiger partial charge in [0.05, 0.1) is 0 Å². The second kappa shape index (κ2) is 10.5. The van der Waals surface area contributed by atoms with Crippen LogP contribution < -0.4 is 0 Å². The summed E-state index contributed by atoms with van der Waals surface area (Å²) in [6.45, 7) is 9.15. The Labute approximate surface area is 196 Å². The minimum absolute atomic E-state index is 0.769. The van der Waals surface area contributed by atoms with Gasteiger partial charge < -0.3 is 0 Å². The predicted octanol–water partition coefficient (Wildman–Crippen LogP) is 9.14. The van der Waals surface area contributed by atoms with E-state index < -0.39 is 0 Å². The van der Waals surface area contributed by atoms with Crippen molar-refractivity contribution < 1.29 is 0 Å². The summed E-state index contributed by atoms with van der Waals surface area (Å²) in [5, 5.41) is 0. The van der Waals surface area contributed by atoms with E-state index in [-0.39, 0.29) is 0 Å². The summed E-state index contributed by atoms with van der Waals surface area (Å²) in [4.78, 5) is 0. The van der Waals surface area contributed by atoms with Gasteiger partial charge in [-0.1, -0.05) is 86.0 Å². The Balaban J connectivity index is 1.37. The Morgan fingerprint density at radius 1 is 0.656 bits per heavy atom. The number of rotatable bonds is 7. The van der Waals surface area contributed by atoms with Crippen molar-refractivity contribution in [2.75, 3.05) is 0 Å². The van der Waals surface area contributed by atoms with Crippen molar-refractivity contribution in [3.8, 4) is 11.1 Å². The lowest BCUT2D eigenvalue weighted by Crippen LogP contribution is -2.10. The van der Waals surface area contributed by atoms with Crippen molar-refractivity contribution in [1.82, 2.24) is 0 Å². The van der Waals surface area contributed by atoms with Crippen molar-refractivity contribution >= 4 is 0 Å². The zero-order chi connectivity index (χ0) is 22.5. The molecular formula is C32H40. The van der Waals surface area contributed by atoms with Crippen LogP contribution in [0.25, 0.3) is 11.1 Å². The summed E-state index contributed by atoms with van der Waals surface area (Å²) in [6, 6.07) is 23.3. The Morgan fingerprint density at radius 3 is 1.88 bits per heavy atom. The van der Waals surface area contributed by atoms with Crippen molar-refractivity contribution in [3.05, 3.63) is 94.0 Å². The standard InChI is InChI=1S/C32H40/c1-23-9-13-27(14-10-23)7-5-6-8-32-25(3)21-31(22-26(32)4)30-19-17-29(18-20-30)28-15-11-24(2)12-16-28/h9-10,13-14,17-22,24,28H,5-8,11-12,15-16H2,1-4H3. The van der Waals surface area contributed by atoms with Crippen LogP contribution >= 0.6 is 0 Å². The Kier molecular flexibility index (Phi) is 7.51. The molecule has 4 rings (SSSR count). The fourth-order valence-electron chi connectivity index (χ4n) is 5.48. The van der Waals surface area contributed by atoms with Crippen LogP contribution in [-0.2, 0) is 12.8 Å². The molecule has 1 aliphatic carbocycles. The lowest BCUT2D eigenvalue weighted by atomic mass is 9.79. The minimum atomic E-state index is 0.769. The van der Waals surface area contributed by atoms with Gasteiger partial charge in [-0.2, -0.15) is 0 Å². The van der Waals surface area contributed by atoms with Gasteiger partial charge >= 0.3 is 0 Å². The molecule has 0 unspecified atom stereocenters. The Morgan fingerprint density at radius 2 is 1.25 bits per heavy atom. The summed E-state index contributed by atoms with van der Waals surface area (Å²) in [5.41, 5.74) is 11.5. The molecule has 168 valence electrons. The molecule has 32 heavy (non-hydrogen) atoms. The molecule has 0 radical (unpaired) electrons. The molecule has 0 nitrogen and oxygen atoms in total. The van der Waals surface area contributed by atoms with E-state index in [1.54, 1.807) is 11.1 Å². The number of unbranched alkanes of at least 4 members (excludes halogenated alkanes) is 1. The van der Waals surface area contributed by atoms with Gasteiger partial charge in [-0.3, -0.25) is 0 Å². The second-order valence-corrected chi connectivity index (χ2v) is 10.4. The van der Waals surface area contributed by atoms with Gasteiger partial charge in [0.1, 0.15) is 0 Å². The van der Waals surface area contributed by atoms with Gasteiger partial charge in [0.25, 0.3) is 0 Å². The smallest absolute Gasteiger partial charge is 0.0162 e. The second-order valence-electron chi connectivity index (χ2n) is 10.4. The first-order chi connectivity index (χ1) is 15.5. The Bertz CT molecular complexity index is 976. The first kappa shape index (κ1) is 22.8. The zero-order valence-electron chi connectivity index (χ0n) is 20.6. The van der Waals surface area contributed by atoms with Crippen molar-refractivity contribution in [3.63, 3.8) is 0 Å². The average molecular weight is 425 g/mol. The highest BCUT2D eigenvalue weighted by Crippen LogP contribution is 2.36. The van der Waals surface area contributed by atoms with E-state index in [2.05, 4.69) is 88.4 Å². The van der Waals surface area contributed by atoms with Crippen LogP contribution in [0.4, 0.5) is 0 Å². The summed E-state index contributed by atoms with van der Waals surface area (Å²) in [6.07, 6.45) is 10.4. The summed E-state index contributed by atoms with van der Waals surface area (Å²) >= 11 is 0. The quantitative estimate of drug-likeness (QED) is 0.332. The molecule has 1 aliphatic rings. The van der Waals surface area contributed by atoms with Gasteiger partial charge in [-0.15, -0.1) is 0 Å². The van der Waals surface area contributed by atoms with Crippen LogP contribution in [0.15, 0.2) is 60.7 Å². The van der Waals surface area contributed by atoms with Gasteiger partial charge in [0.15, 0.2) is 0 Å². The van der Waals surface area contributed by atoms with Crippen molar-refractivity contribution in [2.24, 2.45) is 5.92 Å². The lowest BCUT2D eigenvalue weighted by Gasteiger charge is -2.26. The highest BCUT2D eigenvalue weighted by molar-refractivity contribution is 5.66. The van der Waals surface area contributed by atoms with E-state index >= 15 is 0 Å². The van der Waals surface area contributed by atoms with Gasteiger partial charge in [-0.05, 0) is 110 Å². The fraction of sp³-hybridized carbons (Fsp3) is 0.438. The summed E-state index contributed by atoms with van der Waals surface area (Å²) < 4.78 is 0. The van der Waals surface area contributed by atoms with Crippen LogP contribution in [0, 0.1) is 26.7 Å². The van der Waals surface area contributed by atoms with E-state index in [9.17, 15) is 0 Å². The van der Waals surface area contributed by atoms with E-state index in [1.165, 1.54) is 84.7 Å². The van der Waals surface area contributed by atoms with Crippen molar-refractivity contribution in [1.29, 1.82) is 0 Å². The van der Waals surface area contributed by atoms with Crippen LogP contribution in [0.3, 0.4) is 0 Å². The molecule has 0 atom stereocenters. The van der Waals surface area contributed by atoms with Gasteiger partial charge in [0.2, 0.25) is 0 Å². The minimum Gasteiger partial charge on any atom is -0.0625 e. The molecular weight excluding hydrogens is 384 g/mol. The van der Waals surface area contributed by atoms with Crippen LogP contribution in [0.1, 0.15) is 84.7 Å². The molecule has 0 heteroatoms. The van der Waals surface area contributed by atoms with Gasteiger partial charge in [-0.25, -0.2) is 0 Å². The number of aryl methyl sites for hydroxylation is 4. The van der Waals surface area contributed by atoms with Crippen LogP contribution in [-0.4, -0.2) is 0 Å². The largest absolute Gasteiger partial charge is 0.0625 e. The topological polar surface area (TPSA) is 0 Å². The van der Waals surface area contributed by atoms with E-state index in [0.29, 0.717) is 0 Å². The zero-order valence-corrected chi connectivity index (χ0v) is 20.6. The molecule has 3 aromatic rings. The first-order valence-electron chi connectivity index (χ1n) is 12.8. The third-order valence-corrected chi connectivity index (χ3v) is 7.69. The monoisotopic (exact) mass is 424 g/mol. The molecule has 3 aromatic carbocycles. The molecule has 0 aromatic heterocycles. The molecule has 0 N–H and O–H groups in total. The third-order valence-electron chi connectivity index (χ3n) is 7.69. The highest BCUT2D eigenvalue weighted by atomic mass is 14.2. The maximum absolute atomic E-state index is 2.40. The maximum Gasteiger partial charge on any atom is -0.0162 e. The van der Waals surface area contributed by atoms with Crippen molar-refractivity contribution in [2.45, 2.75) is 85.0 Å². The molecule has 1 saturated carbocycles. The van der Waals surface area contributed by atoms with E-state index in [0.717, 1.165) is 11.8 Å². The normalized spacial score (nSPS) is 18.6. The molecule has 0 aliphatic heterocycles. The van der Waals surface area contributed by atoms with Gasteiger partial charge in [0, 0.05) is 0 Å².